The summed E-state index contributed by atoms with van der Waals surface area (Å²) in [7, 11) is 1.59. The summed E-state index contributed by atoms with van der Waals surface area (Å²) in [5.41, 5.74) is 0. The third-order valence-corrected chi connectivity index (χ3v) is 3.81. The second-order valence-electron chi connectivity index (χ2n) is 6.07. The maximum atomic E-state index is 9.39. The smallest absolute Gasteiger partial charge is 0.101 e. The van der Waals surface area contributed by atoms with E-state index < -0.39 is 6.10 Å². The van der Waals surface area contributed by atoms with Gasteiger partial charge in [-0.15, -0.1) is 0 Å². The van der Waals surface area contributed by atoms with Gasteiger partial charge in [-0.25, -0.2) is 0 Å². The van der Waals surface area contributed by atoms with Crippen molar-refractivity contribution in [2.24, 2.45) is 0 Å². The Labute approximate surface area is 132 Å². The average molecular weight is 302 g/mol. The number of hydrogen-bond donors (Lipinski definition) is 1. The minimum absolute atomic E-state index is 0.360. The van der Waals surface area contributed by atoms with Gasteiger partial charge in [0, 0.05) is 13.7 Å². The van der Waals surface area contributed by atoms with E-state index in [9.17, 15) is 5.11 Å². The molecule has 1 unspecified atom stereocenters. The molecular weight excluding hydrogens is 264 g/mol. The molecule has 1 atom stereocenters. The lowest BCUT2D eigenvalue weighted by Crippen LogP contribution is -2.21. The van der Waals surface area contributed by atoms with E-state index in [1.165, 1.54) is 70.6 Å². The lowest BCUT2D eigenvalue weighted by Gasteiger charge is -2.09. The summed E-state index contributed by atoms with van der Waals surface area (Å²) >= 11 is 0. The van der Waals surface area contributed by atoms with E-state index in [0.717, 1.165) is 13.0 Å². The van der Waals surface area contributed by atoms with Gasteiger partial charge < -0.3 is 14.6 Å². The first kappa shape index (κ1) is 20.9. The number of ether oxygens (including phenoxy) is 2. The van der Waals surface area contributed by atoms with Crippen molar-refractivity contribution in [1.82, 2.24) is 0 Å². The van der Waals surface area contributed by atoms with Crippen molar-refractivity contribution in [3.8, 4) is 0 Å². The van der Waals surface area contributed by atoms with Crippen LogP contribution in [0.5, 0.6) is 0 Å². The summed E-state index contributed by atoms with van der Waals surface area (Å²) in [6.45, 7) is 3.79. The van der Waals surface area contributed by atoms with Crippen LogP contribution < -0.4 is 0 Å². The molecule has 0 bridgehead atoms. The third-order valence-electron chi connectivity index (χ3n) is 3.81. The van der Waals surface area contributed by atoms with Gasteiger partial charge in [0.1, 0.15) is 6.10 Å². The fourth-order valence-corrected chi connectivity index (χ4v) is 2.50. The van der Waals surface area contributed by atoms with E-state index in [-0.39, 0.29) is 0 Å². The monoisotopic (exact) mass is 302 g/mol. The molecule has 0 aliphatic heterocycles. The van der Waals surface area contributed by atoms with Crippen LogP contribution >= 0.6 is 0 Å². The predicted molar refractivity (Wildman–Crippen MR) is 89.8 cm³/mol. The van der Waals surface area contributed by atoms with Crippen LogP contribution in [0, 0.1) is 0 Å². The molecule has 0 aromatic heterocycles. The maximum absolute atomic E-state index is 9.39. The summed E-state index contributed by atoms with van der Waals surface area (Å²) in [6, 6.07) is 0. The fraction of sp³-hybridized carbons (Fsp3) is 1.00. The average Bonchev–Trinajstić information content (AvgIpc) is 2.48. The molecule has 0 aliphatic rings. The van der Waals surface area contributed by atoms with Crippen molar-refractivity contribution >= 4 is 0 Å². The van der Waals surface area contributed by atoms with Crippen molar-refractivity contribution in [1.29, 1.82) is 0 Å². The largest absolute Gasteiger partial charge is 0.388 e. The van der Waals surface area contributed by atoms with Gasteiger partial charge in [0.25, 0.3) is 0 Å². The molecule has 21 heavy (non-hydrogen) atoms. The lowest BCUT2D eigenvalue weighted by atomic mass is 10.1. The molecule has 1 N–H and O–H groups in total. The van der Waals surface area contributed by atoms with Crippen LogP contribution in [0.1, 0.15) is 84.0 Å². The van der Waals surface area contributed by atoms with E-state index in [0.29, 0.717) is 13.2 Å². The van der Waals surface area contributed by atoms with E-state index in [1.54, 1.807) is 7.11 Å². The SMILES string of the molecule is CCCCCCCCCCCCCCOCC(O)COC. The molecule has 0 fully saturated rings. The number of aliphatic hydroxyl groups excluding tert-OH is 1. The van der Waals surface area contributed by atoms with Crippen LogP contribution in [-0.2, 0) is 9.47 Å². The Morgan fingerprint density at radius 3 is 1.67 bits per heavy atom. The molecule has 0 aromatic rings. The van der Waals surface area contributed by atoms with E-state index >= 15 is 0 Å². The minimum Gasteiger partial charge on any atom is -0.388 e. The molecule has 0 saturated heterocycles. The molecule has 0 radical (unpaired) electrons. The highest BCUT2D eigenvalue weighted by Crippen LogP contribution is 2.11. The van der Waals surface area contributed by atoms with Crippen molar-refractivity contribution in [3.63, 3.8) is 0 Å². The second kappa shape index (κ2) is 17.9. The molecule has 0 spiro atoms. The van der Waals surface area contributed by atoms with E-state index in [2.05, 4.69) is 6.92 Å². The topological polar surface area (TPSA) is 38.7 Å². The Hall–Kier alpha value is -0.120. The first-order chi connectivity index (χ1) is 10.3. The molecule has 3 nitrogen and oxygen atoms in total. The van der Waals surface area contributed by atoms with E-state index in [1.807, 2.05) is 0 Å². The molecular formula is C18H38O3. The van der Waals surface area contributed by atoms with Crippen LogP contribution in [0.3, 0.4) is 0 Å². The van der Waals surface area contributed by atoms with Crippen LogP contribution in [0.25, 0.3) is 0 Å². The van der Waals surface area contributed by atoms with Crippen molar-refractivity contribution in [2.45, 2.75) is 90.1 Å². The van der Waals surface area contributed by atoms with Crippen LogP contribution in [0.4, 0.5) is 0 Å². The Balaban J connectivity index is 2.99. The van der Waals surface area contributed by atoms with Gasteiger partial charge in [-0.1, -0.05) is 77.6 Å². The lowest BCUT2D eigenvalue weighted by molar-refractivity contribution is -0.00684. The Morgan fingerprint density at radius 2 is 1.19 bits per heavy atom. The first-order valence-corrected chi connectivity index (χ1v) is 9.06. The highest BCUT2D eigenvalue weighted by Gasteiger charge is 2.02. The Kier molecular flexibility index (Phi) is 17.8. The van der Waals surface area contributed by atoms with Gasteiger partial charge in [0.05, 0.1) is 13.2 Å². The van der Waals surface area contributed by atoms with Gasteiger partial charge in [-0.2, -0.15) is 0 Å². The molecule has 3 heteroatoms. The van der Waals surface area contributed by atoms with Crippen molar-refractivity contribution in [3.05, 3.63) is 0 Å². The standard InChI is InChI=1S/C18H38O3/c1-3-4-5-6-7-8-9-10-11-12-13-14-15-21-17-18(19)16-20-2/h18-19H,3-17H2,1-2H3. The van der Waals surface area contributed by atoms with Crippen molar-refractivity contribution in [2.75, 3.05) is 26.9 Å². The van der Waals surface area contributed by atoms with Crippen molar-refractivity contribution < 1.29 is 14.6 Å². The highest BCUT2D eigenvalue weighted by molar-refractivity contribution is 4.51. The summed E-state index contributed by atoms with van der Waals surface area (Å²) in [4.78, 5) is 0. The van der Waals surface area contributed by atoms with Crippen LogP contribution in [0.2, 0.25) is 0 Å². The molecule has 0 aromatic carbocycles. The first-order valence-electron chi connectivity index (χ1n) is 9.06. The van der Waals surface area contributed by atoms with Crippen LogP contribution in [0.15, 0.2) is 0 Å². The zero-order valence-electron chi connectivity index (χ0n) is 14.4. The Morgan fingerprint density at radius 1 is 0.714 bits per heavy atom. The summed E-state index contributed by atoms with van der Waals surface area (Å²) < 4.78 is 10.3. The predicted octanol–water partition coefficient (Wildman–Crippen LogP) is 4.71. The highest BCUT2D eigenvalue weighted by atomic mass is 16.5. The summed E-state index contributed by atoms with van der Waals surface area (Å²) in [5.74, 6) is 0. The van der Waals surface area contributed by atoms with Gasteiger partial charge >= 0.3 is 0 Å². The van der Waals surface area contributed by atoms with Gasteiger partial charge in [0.15, 0.2) is 0 Å². The molecule has 128 valence electrons. The van der Waals surface area contributed by atoms with Gasteiger partial charge in [-0.3, -0.25) is 0 Å². The zero-order chi connectivity index (χ0) is 15.6. The maximum Gasteiger partial charge on any atom is 0.101 e. The molecule has 0 rings (SSSR count). The molecule has 0 saturated carbocycles. The summed E-state index contributed by atoms with van der Waals surface area (Å²) in [6.07, 6.45) is 15.8. The molecule has 0 heterocycles. The third kappa shape index (κ3) is 17.8. The van der Waals surface area contributed by atoms with Crippen LogP contribution in [-0.4, -0.2) is 38.1 Å². The Bertz CT molecular complexity index is 185. The number of unbranched alkanes of at least 4 members (excludes halogenated alkanes) is 11. The second-order valence-corrected chi connectivity index (χ2v) is 6.07. The fourth-order valence-electron chi connectivity index (χ4n) is 2.50. The normalized spacial score (nSPS) is 12.7. The number of aliphatic hydroxyl groups is 1. The quantitative estimate of drug-likeness (QED) is 0.395. The van der Waals surface area contributed by atoms with Gasteiger partial charge in [-0.05, 0) is 6.42 Å². The van der Waals surface area contributed by atoms with Gasteiger partial charge in [0.2, 0.25) is 0 Å². The summed E-state index contributed by atoms with van der Waals surface area (Å²) in [5, 5.41) is 9.39. The number of methoxy groups -OCH3 is 1. The van der Waals surface area contributed by atoms with E-state index in [4.69, 9.17) is 9.47 Å². The minimum atomic E-state index is -0.479. The number of rotatable bonds is 17. The molecule has 0 aliphatic carbocycles. The molecule has 0 amide bonds. The zero-order valence-corrected chi connectivity index (χ0v) is 14.4. The number of hydrogen-bond acceptors (Lipinski definition) is 3.